The van der Waals surface area contributed by atoms with Crippen LogP contribution < -0.4 is 5.56 Å². The van der Waals surface area contributed by atoms with Crippen LogP contribution >= 0.6 is 0 Å². The summed E-state index contributed by atoms with van der Waals surface area (Å²) in [4.78, 5) is 44.7. The van der Waals surface area contributed by atoms with Crippen molar-refractivity contribution in [1.82, 2.24) is 14.8 Å². The Kier molecular flexibility index (Phi) is 5.26. The first-order chi connectivity index (χ1) is 14.0. The van der Waals surface area contributed by atoms with Gasteiger partial charge in [-0.25, -0.2) is 0 Å². The number of pyridine rings is 1. The lowest BCUT2D eigenvalue weighted by Gasteiger charge is -2.39. The Morgan fingerprint density at radius 3 is 2.62 bits per heavy atom. The number of hydrogen-bond donors (Lipinski definition) is 1. The van der Waals surface area contributed by atoms with Gasteiger partial charge in [-0.3, -0.25) is 14.4 Å². The summed E-state index contributed by atoms with van der Waals surface area (Å²) in [5, 5.41) is 0. The zero-order chi connectivity index (χ0) is 20.4. The number of amides is 2. The SMILES string of the molecule is Cc1ccc(C(=O)N2CC[C@]3(CCCN(CCc4ccccc4)C3=O)C2)c(=O)[nH]1. The van der Waals surface area contributed by atoms with Crippen LogP contribution in [-0.4, -0.2) is 52.8 Å². The van der Waals surface area contributed by atoms with Crippen molar-refractivity contribution in [2.75, 3.05) is 26.2 Å². The molecule has 0 bridgehead atoms. The number of benzene rings is 1. The molecule has 0 aliphatic carbocycles. The third-order valence-electron chi connectivity index (χ3n) is 6.26. The molecule has 1 aromatic heterocycles. The molecule has 0 radical (unpaired) electrons. The third-order valence-corrected chi connectivity index (χ3v) is 6.26. The topological polar surface area (TPSA) is 73.5 Å². The van der Waals surface area contributed by atoms with Crippen LogP contribution in [0.25, 0.3) is 0 Å². The van der Waals surface area contributed by atoms with E-state index in [1.54, 1.807) is 24.0 Å². The number of H-pyrrole nitrogens is 1. The Morgan fingerprint density at radius 2 is 1.86 bits per heavy atom. The van der Waals surface area contributed by atoms with Gasteiger partial charge in [0.05, 0.1) is 5.41 Å². The predicted octanol–water partition coefficient (Wildman–Crippen LogP) is 2.38. The van der Waals surface area contributed by atoms with E-state index in [-0.39, 0.29) is 22.9 Å². The molecule has 152 valence electrons. The highest BCUT2D eigenvalue weighted by atomic mass is 16.2. The Morgan fingerprint density at radius 1 is 1.07 bits per heavy atom. The van der Waals surface area contributed by atoms with Crippen molar-refractivity contribution in [3.63, 3.8) is 0 Å². The van der Waals surface area contributed by atoms with Gasteiger partial charge in [-0.1, -0.05) is 30.3 Å². The molecule has 2 fully saturated rings. The summed E-state index contributed by atoms with van der Waals surface area (Å²) in [7, 11) is 0. The van der Waals surface area contributed by atoms with E-state index >= 15 is 0 Å². The average Bonchev–Trinajstić information content (AvgIpc) is 3.15. The highest BCUT2D eigenvalue weighted by Crippen LogP contribution is 2.40. The summed E-state index contributed by atoms with van der Waals surface area (Å²) in [6, 6.07) is 13.5. The molecule has 1 aromatic carbocycles. The molecule has 2 amide bonds. The molecule has 0 unspecified atom stereocenters. The minimum absolute atomic E-state index is 0.150. The second kappa shape index (κ2) is 7.85. The van der Waals surface area contributed by atoms with Gasteiger partial charge in [-0.05, 0) is 50.3 Å². The Balaban J connectivity index is 1.45. The van der Waals surface area contributed by atoms with E-state index in [0.717, 1.165) is 31.5 Å². The van der Waals surface area contributed by atoms with Gasteiger partial charge in [-0.2, -0.15) is 0 Å². The quantitative estimate of drug-likeness (QED) is 0.867. The molecule has 0 saturated carbocycles. The van der Waals surface area contributed by atoms with Crippen molar-refractivity contribution < 1.29 is 9.59 Å². The van der Waals surface area contributed by atoms with Crippen molar-refractivity contribution in [3.8, 4) is 0 Å². The molecule has 2 aliphatic heterocycles. The number of piperidine rings is 1. The fraction of sp³-hybridized carbons (Fsp3) is 0.435. The number of likely N-dealkylation sites (tertiary alicyclic amines) is 2. The molecule has 6 heteroatoms. The van der Waals surface area contributed by atoms with Crippen molar-refractivity contribution >= 4 is 11.8 Å². The lowest BCUT2D eigenvalue weighted by atomic mass is 9.78. The molecule has 2 aromatic rings. The van der Waals surface area contributed by atoms with Crippen molar-refractivity contribution in [1.29, 1.82) is 0 Å². The number of hydrogen-bond acceptors (Lipinski definition) is 3. The summed E-state index contributed by atoms with van der Waals surface area (Å²) in [5.41, 5.74) is 1.23. The Bertz CT molecular complexity index is 969. The average molecular weight is 393 g/mol. The number of carbonyl (C=O) groups is 2. The summed E-state index contributed by atoms with van der Waals surface area (Å²) in [6.07, 6.45) is 3.27. The Labute approximate surface area is 170 Å². The van der Waals surface area contributed by atoms with Crippen LogP contribution in [0.15, 0.2) is 47.3 Å². The summed E-state index contributed by atoms with van der Waals surface area (Å²) < 4.78 is 0. The van der Waals surface area contributed by atoms with E-state index in [2.05, 4.69) is 17.1 Å². The van der Waals surface area contributed by atoms with E-state index in [9.17, 15) is 14.4 Å². The fourth-order valence-corrected chi connectivity index (χ4v) is 4.61. The van der Waals surface area contributed by atoms with Crippen LogP contribution in [0.1, 0.15) is 40.9 Å². The maximum Gasteiger partial charge on any atom is 0.260 e. The smallest absolute Gasteiger partial charge is 0.260 e. The van der Waals surface area contributed by atoms with Gasteiger partial charge in [0.25, 0.3) is 11.5 Å². The van der Waals surface area contributed by atoms with Gasteiger partial charge < -0.3 is 14.8 Å². The molecule has 1 spiro atoms. The number of carbonyl (C=O) groups excluding carboxylic acids is 2. The lowest BCUT2D eigenvalue weighted by molar-refractivity contribution is -0.145. The number of rotatable bonds is 4. The maximum absolute atomic E-state index is 13.3. The van der Waals surface area contributed by atoms with Crippen molar-refractivity contribution in [3.05, 3.63) is 69.6 Å². The van der Waals surface area contributed by atoms with Gasteiger partial charge in [-0.15, -0.1) is 0 Å². The van der Waals surface area contributed by atoms with E-state index in [0.29, 0.717) is 26.1 Å². The molecule has 3 heterocycles. The standard InChI is InChI=1S/C23H27N3O3/c1-17-8-9-19(20(27)24-17)21(28)26-15-12-23(16-26)11-5-13-25(22(23)29)14-10-18-6-3-2-4-7-18/h2-4,6-9H,5,10-16H2,1H3,(H,24,27)/t23-/m1/s1. The second-order valence-corrected chi connectivity index (χ2v) is 8.27. The summed E-state index contributed by atoms with van der Waals surface area (Å²) in [5.74, 6) is -0.120. The third kappa shape index (κ3) is 3.84. The molecule has 1 atom stereocenters. The van der Waals surface area contributed by atoms with Gasteiger partial charge in [0.2, 0.25) is 5.91 Å². The van der Waals surface area contributed by atoms with Gasteiger partial charge in [0.15, 0.2) is 0 Å². The second-order valence-electron chi connectivity index (χ2n) is 8.27. The van der Waals surface area contributed by atoms with E-state index in [1.807, 2.05) is 23.1 Å². The van der Waals surface area contributed by atoms with E-state index < -0.39 is 5.41 Å². The van der Waals surface area contributed by atoms with Crippen LogP contribution in [0.4, 0.5) is 0 Å². The number of aryl methyl sites for hydroxylation is 1. The van der Waals surface area contributed by atoms with E-state index in [4.69, 9.17) is 0 Å². The zero-order valence-electron chi connectivity index (χ0n) is 16.8. The first-order valence-corrected chi connectivity index (χ1v) is 10.3. The maximum atomic E-state index is 13.3. The molecule has 1 N–H and O–H groups in total. The van der Waals surface area contributed by atoms with Crippen LogP contribution in [-0.2, 0) is 11.2 Å². The number of aromatic nitrogens is 1. The molecule has 4 rings (SSSR count). The number of nitrogens with one attached hydrogen (secondary N) is 1. The monoisotopic (exact) mass is 393 g/mol. The van der Waals surface area contributed by atoms with Gasteiger partial charge in [0, 0.05) is 31.9 Å². The van der Waals surface area contributed by atoms with Crippen molar-refractivity contribution in [2.45, 2.75) is 32.6 Å². The minimum Gasteiger partial charge on any atom is -0.342 e. The molecular formula is C23H27N3O3. The Hall–Kier alpha value is -2.89. The number of nitrogens with zero attached hydrogens (tertiary/aromatic N) is 2. The lowest BCUT2D eigenvalue weighted by Crippen LogP contribution is -2.51. The van der Waals surface area contributed by atoms with Crippen LogP contribution in [0.3, 0.4) is 0 Å². The van der Waals surface area contributed by atoms with Crippen LogP contribution in [0.2, 0.25) is 0 Å². The fourth-order valence-electron chi connectivity index (χ4n) is 4.61. The summed E-state index contributed by atoms with van der Waals surface area (Å²) >= 11 is 0. The van der Waals surface area contributed by atoms with Crippen LogP contribution in [0, 0.1) is 12.3 Å². The van der Waals surface area contributed by atoms with Gasteiger partial charge in [0.1, 0.15) is 5.56 Å². The summed E-state index contributed by atoms with van der Waals surface area (Å²) in [6.45, 7) is 4.19. The number of aromatic amines is 1. The normalized spacial score (nSPS) is 21.8. The van der Waals surface area contributed by atoms with E-state index in [1.165, 1.54) is 5.56 Å². The first kappa shape index (κ1) is 19.4. The molecule has 2 saturated heterocycles. The molecule has 2 aliphatic rings. The van der Waals surface area contributed by atoms with Crippen LogP contribution in [0.5, 0.6) is 0 Å². The first-order valence-electron chi connectivity index (χ1n) is 10.3. The molecule has 6 nitrogen and oxygen atoms in total. The molecular weight excluding hydrogens is 366 g/mol. The molecule has 29 heavy (non-hydrogen) atoms. The highest BCUT2D eigenvalue weighted by molar-refractivity contribution is 5.95. The zero-order valence-corrected chi connectivity index (χ0v) is 16.8. The minimum atomic E-state index is -0.498. The highest BCUT2D eigenvalue weighted by Gasteiger charge is 2.49. The predicted molar refractivity (Wildman–Crippen MR) is 111 cm³/mol. The van der Waals surface area contributed by atoms with Crippen molar-refractivity contribution in [2.24, 2.45) is 5.41 Å². The largest absolute Gasteiger partial charge is 0.342 e. The van der Waals surface area contributed by atoms with Gasteiger partial charge >= 0.3 is 0 Å².